The average molecular weight is 327 g/mol. The van der Waals surface area contributed by atoms with Gasteiger partial charge in [0.15, 0.2) is 5.71 Å². The van der Waals surface area contributed by atoms with Gasteiger partial charge in [-0.05, 0) is 61.4 Å². The van der Waals surface area contributed by atoms with Crippen molar-refractivity contribution in [2.45, 2.75) is 13.8 Å². The number of hydrogen-bond acceptors (Lipinski definition) is 5. The summed E-state index contributed by atoms with van der Waals surface area (Å²) in [5.74, 6) is -0.809. The summed E-state index contributed by atoms with van der Waals surface area (Å²) in [4.78, 5) is 17.1. The van der Waals surface area contributed by atoms with Crippen LogP contribution in [0.2, 0.25) is 0 Å². The molecule has 0 saturated heterocycles. The number of anilines is 1. The molecule has 0 heterocycles. The molecule has 24 heavy (non-hydrogen) atoms. The number of hydrogen-bond donors (Lipinski definition) is 1. The first kappa shape index (κ1) is 17.3. The topological polar surface area (TPSA) is 63.1 Å². The van der Waals surface area contributed by atoms with Crippen LogP contribution in [-0.2, 0) is 4.84 Å². The van der Waals surface area contributed by atoms with E-state index in [0.717, 1.165) is 16.8 Å². The minimum absolute atomic E-state index is 0.0432. The van der Waals surface area contributed by atoms with Gasteiger partial charge in [0.05, 0.1) is 11.9 Å². The molecule has 0 aliphatic heterocycles. The molecule has 6 heteroatoms. The number of nitrogens with one attached hydrogen (secondary N) is 1. The first-order chi connectivity index (χ1) is 11.5. The monoisotopic (exact) mass is 327 g/mol. The molecule has 0 bridgehead atoms. The van der Waals surface area contributed by atoms with Crippen LogP contribution in [-0.4, -0.2) is 24.8 Å². The molecular formula is C18H18FN3O2. The lowest BCUT2D eigenvalue weighted by atomic mass is 10.1. The second kappa shape index (κ2) is 8.01. The quantitative estimate of drug-likeness (QED) is 0.499. The van der Waals surface area contributed by atoms with Crippen molar-refractivity contribution in [2.75, 3.05) is 12.5 Å². The molecule has 5 nitrogen and oxygen atoms in total. The van der Waals surface area contributed by atoms with Crippen LogP contribution in [0.4, 0.5) is 10.1 Å². The molecule has 0 saturated carbocycles. The molecule has 2 aromatic rings. The van der Waals surface area contributed by atoms with Crippen LogP contribution in [0.5, 0.6) is 0 Å². The molecule has 0 radical (unpaired) electrons. The van der Waals surface area contributed by atoms with E-state index in [1.165, 1.54) is 37.6 Å². The lowest BCUT2D eigenvalue weighted by Crippen LogP contribution is -2.18. The largest absolute Gasteiger partial charge is 0.399 e. The third-order valence-electron chi connectivity index (χ3n) is 3.43. The Balaban J connectivity index is 2.26. The van der Waals surface area contributed by atoms with E-state index in [4.69, 9.17) is 0 Å². The van der Waals surface area contributed by atoms with Gasteiger partial charge >= 0.3 is 0 Å². The Labute approximate surface area is 139 Å². The van der Waals surface area contributed by atoms with E-state index in [-0.39, 0.29) is 5.71 Å². The molecule has 0 amide bonds. The Kier molecular flexibility index (Phi) is 5.78. The van der Waals surface area contributed by atoms with Gasteiger partial charge in [0.25, 0.3) is 0 Å². The predicted octanol–water partition coefficient (Wildman–Crippen LogP) is 3.73. The van der Waals surface area contributed by atoms with Gasteiger partial charge in [-0.25, -0.2) is 4.39 Å². The molecule has 1 N–H and O–H groups in total. The van der Waals surface area contributed by atoms with Crippen molar-refractivity contribution in [3.05, 3.63) is 65.0 Å². The fourth-order valence-corrected chi connectivity index (χ4v) is 1.93. The highest BCUT2D eigenvalue weighted by Gasteiger charge is 2.13. The Morgan fingerprint density at radius 3 is 2.46 bits per heavy atom. The zero-order valence-electron chi connectivity index (χ0n) is 13.7. The number of oxime groups is 1. The Hall–Kier alpha value is -3.02. The summed E-state index contributed by atoms with van der Waals surface area (Å²) in [7, 11) is 1.37. The minimum atomic E-state index is -0.413. The highest BCUT2D eigenvalue weighted by atomic mass is 19.1. The number of nitrogens with zero attached hydrogens (tertiary/aromatic N) is 2. The van der Waals surface area contributed by atoms with Crippen LogP contribution in [0.15, 0.2) is 52.7 Å². The van der Waals surface area contributed by atoms with E-state index in [1.807, 2.05) is 32.0 Å². The summed E-state index contributed by atoms with van der Waals surface area (Å²) < 4.78 is 13.0. The van der Waals surface area contributed by atoms with E-state index in [9.17, 15) is 9.18 Å². The molecule has 2 aromatic carbocycles. The molecule has 0 spiro atoms. The number of ketones is 1. The second-order valence-corrected chi connectivity index (χ2v) is 5.16. The maximum absolute atomic E-state index is 13.0. The fraction of sp³-hybridized carbons (Fsp3) is 0.167. The van der Waals surface area contributed by atoms with E-state index in [0.29, 0.717) is 5.56 Å². The van der Waals surface area contributed by atoms with E-state index >= 15 is 0 Å². The SMILES string of the molecule is CO/N=C/C(=N\Nc1ccc(C)c(C)c1)C(=O)c1ccc(F)cc1. The number of hydrazone groups is 1. The molecule has 0 unspecified atom stereocenters. The number of halogens is 1. The summed E-state index contributed by atoms with van der Waals surface area (Å²) in [6, 6.07) is 11.0. The lowest BCUT2D eigenvalue weighted by Gasteiger charge is -2.06. The first-order valence-electron chi connectivity index (χ1n) is 7.29. The maximum Gasteiger partial charge on any atom is 0.214 e. The Morgan fingerprint density at radius 2 is 1.83 bits per heavy atom. The number of benzene rings is 2. The number of rotatable bonds is 6. The van der Waals surface area contributed by atoms with Gasteiger partial charge in [-0.1, -0.05) is 11.2 Å². The molecule has 0 aliphatic carbocycles. The summed E-state index contributed by atoms with van der Waals surface area (Å²) in [6.45, 7) is 4.00. The fourth-order valence-electron chi connectivity index (χ4n) is 1.93. The van der Waals surface area contributed by atoms with Gasteiger partial charge in [0, 0.05) is 5.56 Å². The lowest BCUT2D eigenvalue weighted by molar-refractivity contribution is 0.106. The van der Waals surface area contributed by atoms with Crippen molar-refractivity contribution in [3.8, 4) is 0 Å². The normalized spacial score (nSPS) is 11.6. The van der Waals surface area contributed by atoms with Crippen LogP contribution in [0, 0.1) is 19.7 Å². The van der Waals surface area contributed by atoms with Gasteiger partial charge in [0.1, 0.15) is 12.9 Å². The van der Waals surface area contributed by atoms with Crippen molar-refractivity contribution >= 4 is 23.4 Å². The van der Waals surface area contributed by atoms with Gasteiger partial charge in [-0.2, -0.15) is 5.10 Å². The highest BCUT2D eigenvalue weighted by Crippen LogP contribution is 2.14. The molecule has 0 aliphatic rings. The minimum Gasteiger partial charge on any atom is -0.399 e. The van der Waals surface area contributed by atoms with Crippen LogP contribution >= 0.6 is 0 Å². The van der Waals surface area contributed by atoms with Crippen molar-refractivity contribution in [1.29, 1.82) is 0 Å². The van der Waals surface area contributed by atoms with Crippen LogP contribution in [0.3, 0.4) is 0 Å². The Morgan fingerprint density at radius 1 is 1.12 bits per heavy atom. The molecular weight excluding hydrogens is 309 g/mol. The number of Topliss-reactive ketones (excluding diaryl/α,β-unsaturated/α-hetero) is 1. The standard InChI is InChI=1S/C18H18FN3O2/c1-12-4-9-16(10-13(12)2)21-22-17(11-20-24-3)18(23)14-5-7-15(19)8-6-14/h4-11,21H,1-3H3/b20-11+,22-17+. The van der Waals surface area contributed by atoms with Crippen molar-refractivity contribution < 1.29 is 14.0 Å². The number of carbonyl (C=O) groups excluding carboxylic acids is 1. The summed E-state index contributed by atoms with van der Waals surface area (Å²) >= 11 is 0. The van der Waals surface area contributed by atoms with E-state index < -0.39 is 11.6 Å². The maximum atomic E-state index is 13.0. The third kappa shape index (κ3) is 4.49. The first-order valence-corrected chi connectivity index (χ1v) is 7.29. The second-order valence-electron chi connectivity index (χ2n) is 5.16. The summed E-state index contributed by atoms with van der Waals surface area (Å²) in [5, 5.41) is 7.68. The van der Waals surface area contributed by atoms with Gasteiger partial charge in [-0.3, -0.25) is 10.2 Å². The summed E-state index contributed by atoms with van der Waals surface area (Å²) in [5.41, 5.74) is 6.19. The van der Waals surface area contributed by atoms with Crippen molar-refractivity contribution in [1.82, 2.24) is 0 Å². The van der Waals surface area contributed by atoms with Crippen molar-refractivity contribution in [2.24, 2.45) is 10.3 Å². The zero-order chi connectivity index (χ0) is 17.5. The predicted molar refractivity (Wildman–Crippen MR) is 93.2 cm³/mol. The van der Waals surface area contributed by atoms with Crippen LogP contribution in [0.25, 0.3) is 0 Å². The van der Waals surface area contributed by atoms with E-state index in [2.05, 4.69) is 20.5 Å². The molecule has 2 rings (SSSR count). The van der Waals surface area contributed by atoms with E-state index in [1.54, 1.807) is 0 Å². The van der Waals surface area contributed by atoms with Crippen molar-refractivity contribution in [3.63, 3.8) is 0 Å². The average Bonchev–Trinajstić information content (AvgIpc) is 2.58. The van der Waals surface area contributed by atoms with Gasteiger partial charge in [-0.15, -0.1) is 0 Å². The zero-order valence-corrected chi connectivity index (χ0v) is 13.7. The molecule has 0 aromatic heterocycles. The summed E-state index contributed by atoms with van der Waals surface area (Å²) in [6.07, 6.45) is 1.21. The Bertz CT molecular complexity index is 783. The smallest absolute Gasteiger partial charge is 0.214 e. The van der Waals surface area contributed by atoms with Crippen LogP contribution < -0.4 is 5.43 Å². The van der Waals surface area contributed by atoms with Crippen LogP contribution in [0.1, 0.15) is 21.5 Å². The van der Waals surface area contributed by atoms with Gasteiger partial charge in [0.2, 0.25) is 5.78 Å². The molecule has 124 valence electrons. The number of aryl methyl sites for hydroxylation is 2. The highest BCUT2D eigenvalue weighted by molar-refractivity contribution is 6.64. The molecule has 0 fully saturated rings. The molecule has 0 atom stereocenters. The third-order valence-corrected chi connectivity index (χ3v) is 3.43. The van der Waals surface area contributed by atoms with Gasteiger partial charge < -0.3 is 4.84 Å². The number of carbonyl (C=O) groups is 1.